The van der Waals surface area contributed by atoms with E-state index in [-0.39, 0.29) is 0 Å². The van der Waals surface area contributed by atoms with Gasteiger partial charge in [-0.05, 0) is 43.2 Å². The Morgan fingerprint density at radius 2 is 1.95 bits per heavy atom. The number of methoxy groups -OCH3 is 1. The lowest BCUT2D eigenvalue weighted by atomic mass is 9.75. The van der Waals surface area contributed by atoms with Crippen molar-refractivity contribution in [2.24, 2.45) is 5.41 Å². The van der Waals surface area contributed by atoms with E-state index in [1.807, 2.05) is 12.1 Å². The summed E-state index contributed by atoms with van der Waals surface area (Å²) in [6.07, 6.45) is 4.98. The molecule has 1 heterocycles. The van der Waals surface area contributed by atoms with E-state index in [1.54, 1.807) is 7.11 Å². The van der Waals surface area contributed by atoms with Crippen molar-refractivity contribution in [3.05, 3.63) is 12.1 Å². The number of nitrogen functional groups attached to an aromatic ring is 1. The van der Waals surface area contributed by atoms with Crippen molar-refractivity contribution >= 4 is 11.5 Å². The minimum absolute atomic E-state index is 0.490. The van der Waals surface area contributed by atoms with Crippen LogP contribution in [0.15, 0.2) is 12.1 Å². The van der Waals surface area contributed by atoms with E-state index < -0.39 is 0 Å². The monoisotopic (exact) mass is 263 g/mol. The molecule has 0 unspecified atom stereocenters. The van der Waals surface area contributed by atoms with Crippen molar-refractivity contribution in [2.45, 2.75) is 45.6 Å². The highest BCUT2D eigenvalue weighted by Gasteiger charge is 2.29. The predicted molar refractivity (Wildman–Crippen MR) is 79.6 cm³/mol. The molecular formula is C15H25N3O. The summed E-state index contributed by atoms with van der Waals surface area (Å²) in [5, 5.41) is 0. The summed E-state index contributed by atoms with van der Waals surface area (Å²) in [7, 11) is 3.71. The largest absolute Gasteiger partial charge is 0.479 e. The molecule has 0 atom stereocenters. The number of rotatable bonds is 3. The Hall–Kier alpha value is -1.45. The summed E-state index contributed by atoms with van der Waals surface area (Å²) >= 11 is 0. The zero-order chi connectivity index (χ0) is 14.0. The van der Waals surface area contributed by atoms with Crippen LogP contribution in [0.4, 0.5) is 11.5 Å². The minimum atomic E-state index is 0.490. The molecular weight excluding hydrogens is 238 g/mol. The molecule has 4 nitrogen and oxygen atoms in total. The Morgan fingerprint density at radius 3 is 2.53 bits per heavy atom. The number of hydrogen-bond donors (Lipinski definition) is 1. The Labute approximate surface area is 116 Å². The van der Waals surface area contributed by atoms with Gasteiger partial charge in [0.2, 0.25) is 5.88 Å². The number of pyridine rings is 1. The molecule has 0 bridgehead atoms. The lowest BCUT2D eigenvalue weighted by Gasteiger charge is -2.39. The van der Waals surface area contributed by atoms with Crippen LogP contribution in [0.3, 0.4) is 0 Å². The maximum atomic E-state index is 5.81. The highest BCUT2D eigenvalue weighted by atomic mass is 16.5. The molecule has 106 valence electrons. The van der Waals surface area contributed by atoms with Crippen molar-refractivity contribution in [1.82, 2.24) is 4.98 Å². The van der Waals surface area contributed by atoms with E-state index >= 15 is 0 Å². The van der Waals surface area contributed by atoms with Gasteiger partial charge in [0.05, 0.1) is 12.8 Å². The molecule has 19 heavy (non-hydrogen) atoms. The van der Waals surface area contributed by atoms with Crippen molar-refractivity contribution in [3.8, 4) is 5.88 Å². The lowest BCUT2D eigenvalue weighted by Crippen LogP contribution is -2.37. The average molecular weight is 263 g/mol. The van der Waals surface area contributed by atoms with Crippen LogP contribution in [0.1, 0.15) is 39.5 Å². The van der Waals surface area contributed by atoms with Gasteiger partial charge in [-0.2, -0.15) is 4.98 Å². The second-order valence-electron chi connectivity index (χ2n) is 6.27. The Morgan fingerprint density at radius 1 is 1.32 bits per heavy atom. The number of anilines is 2. The number of hydrogen-bond acceptors (Lipinski definition) is 4. The maximum Gasteiger partial charge on any atom is 0.238 e. The predicted octanol–water partition coefficient (Wildman–Crippen LogP) is 3.08. The smallest absolute Gasteiger partial charge is 0.238 e. The van der Waals surface area contributed by atoms with Gasteiger partial charge in [-0.15, -0.1) is 0 Å². The fraction of sp³-hybridized carbons (Fsp3) is 0.667. The van der Waals surface area contributed by atoms with Crippen molar-refractivity contribution < 1.29 is 4.74 Å². The van der Waals surface area contributed by atoms with E-state index in [2.05, 4.69) is 30.8 Å². The van der Waals surface area contributed by atoms with E-state index in [9.17, 15) is 0 Å². The number of nitrogens with two attached hydrogens (primary N) is 1. The van der Waals surface area contributed by atoms with Crippen molar-refractivity contribution in [3.63, 3.8) is 0 Å². The highest BCUT2D eigenvalue weighted by Crippen LogP contribution is 2.37. The quantitative estimate of drug-likeness (QED) is 0.910. The van der Waals surface area contributed by atoms with Gasteiger partial charge in [0.15, 0.2) is 0 Å². The van der Waals surface area contributed by atoms with Crippen molar-refractivity contribution in [2.75, 3.05) is 24.8 Å². The van der Waals surface area contributed by atoms with Crippen LogP contribution in [0, 0.1) is 5.41 Å². The average Bonchev–Trinajstić information content (AvgIpc) is 2.38. The first-order valence-corrected chi connectivity index (χ1v) is 6.96. The topological polar surface area (TPSA) is 51.4 Å². The molecule has 1 aliphatic carbocycles. The van der Waals surface area contributed by atoms with Gasteiger partial charge in [0.25, 0.3) is 0 Å². The van der Waals surface area contributed by atoms with Crippen LogP contribution >= 0.6 is 0 Å². The molecule has 2 N–H and O–H groups in total. The fourth-order valence-corrected chi connectivity index (χ4v) is 2.76. The molecule has 1 fully saturated rings. The SMILES string of the molecule is COc1nc(N(C)C2CCC(C)(C)CC2)ccc1N. The standard InChI is InChI=1S/C15H25N3O/c1-15(2)9-7-11(8-10-15)18(3)13-6-5-12(16)14(17-13)19-4/h5-6,11H,7-10,16H2,1-4H3. The summed E-state index contributed by atoms with van der Waals surface area (Å²) in [5.41, 5.74) is 6.89. The third kappa shape index (κ3) is 3.11. The zero-order valence-electron chi connectivity index (χ0n) is 12.4. The Bertz CT molecular complexity index is 435. The molecule has 1 aliphatic rings. The fourth-order valence-electron chi connectivity index (χ4n) is 2.76. The van der Waals surface area contributed by atoms with E-state index in [0.29, 0.717) is 23.0 Å². The third-order valence-corrected chi connectivity index (χ3v) is 4.29. The lowest BCUT2D eigenvalue weighted by molar-refractivity contribution is 0.222. The van der Waals surface area contributed by atoms with Crippen LogP contribution in [0.5, 0.6) is 5.88 Å². The number of ether oxygens (including phenoxy) is 1. The van der Waals surface area contributed by atoms with E-state index in [0.717, 1.165) is 5.82 Å². The molecule has 0 amide bonds. The normalized spacial score (nSPS) is 19.2. The van der Waals surface area contributed by atoms with Crippen LogP contribution in [-0.2, 0) is 0 Å². The molecule has 0 saturated heterocycles. The number of aromatic nitrogens is 1. The van der Waals surface area contributed by atoms with Crippen LogP contribution in [0.25, 0.3) is 0 Å². The molecule has 0 aromatic carbocycles. The summed E-state index contributed by atoms with van der Waals surface area (Å²) in [6, 6.07) is 4.40. The first kappa shape index (κ1) is 14.0. The molecule has 1 aromatic rings. The first-order chi connectivity index (χ1) is 8.93. The first-order valence-electron chi connectivity index (χ1n) is 6.96. The van der Waals surface area contributed by atoms with Gasteiger partial charge in [0, 0.05) is 13.1 Å². The third-order valence-electron chi connectivity index (χ3n) is 4.29. The van der Waals surface area contributed by atoms with Crippen molar-refractivity contribution in [1.29, 1.82) is 0 Å². The minimum Gasteiger partial charge on any atom is -0.479 e. The van der Waals surface area contributed by atoms with Crippen LogP contribution in [0.2, 0.25) is 0 Å². The van der Waals surface area contributed by atoms with E-state index in [4.69, 9.17) is 10.5 Å². The summed E-state index contributed by atoms with van der Waals surface area (Å²) in [6.45, 7) is 4.71. The molecule has 1 saturated carbocycles. The molecule has 4 heteroatoms. The van der Waals surface area contributed by atoms with Crippen LogP contribution < -0.4 is 15.4 Å². The second kappa shape index (κ2) is 5.27. The Kier molecular flexibility index (Phi) is 3.88. The van der Waals surface area contributed by atoms with Gasteiger partial charge in [-0.25, -0.2) is 0 Å². The summed E-state index contributed by atoms with van der Waals surface area (Å²) in [5.74, 6) is 1.45. The highest BCUT2D eigenvalue weighted by molar-refractivity contribution is 5.54. The molecule has 1 aromatic heterocycles. The Balaban J connectivity index is 2.10. The van der Waals surface area contributed by atoms with Gasteiger partial charge in [-0.1, -0.05) is 13.8 Å². The molecule has 0 radical (unpaired) electrons. The number of nitrogens with zero attached hydrogens (tertiary/aromatic N) is 2. The molecule has 2 rings (SSSR count). The molecule has 0 spiro atoms. The van der Waals surface area contributed by atoms with Crippen LogP contribution in [-0.4, -0.2) is 25.2 Å². The van der Waals surface area contributed by atoms with Gasteiger partial charge in [0.1, 0.15) is 5.82 Å². The molecule has 0 aliphatic heterocycles. The van der Waals surface area contributed by atoms with Gasteiger partial charge in [-0.3, -0.25) is 0 Å². The maximum absolute atomic E-state index is 5.81. The van der Waals surface area contributed by atoms with E-state index in [1.165, 1.54) is 25.7 Å². The second-order valence-corrected chi connectivity index (χ2v) is 6.27. The van der Waals surface area contributed by atoms with Gasteiger partial charge < -0.3 is 15.4 Å². The summed E-state index contributed by atoms with van der Waals surface area (Å²) < 4.78 is 5.19. The summed E-state index contributed by atoms with van der Waals surface area (Å²) in [4.78, 5) is 6.74. The zero-order valence-corrected chi connectivity index (χ0v) is 12.4. The van der Waals surface area contributed by atoms with Gasteiger partial charge >= 0.3 is 0 Å².